The molecule has 0 saturated carbocycles. The van der Waals surface area contributed by atoms with Crippen LogP contribution in [-0.2, 0) is 6.42 Å². The number of hydrogen-bond acceptors (Lipinski definition) is 2. The molecule has 0 aliphatic rings. The fourth-order valence-corrected chi connectivity index (χ4v) is 1.81. The zero-order chi connectivity index (χ0) is 13.8. The third-order valence-electron chi connectivity index (χ3n) is 2.30. The number of halogens is 4. The average molecular weight is 325 g/mol. The van der Waals surface area contributed by atoms with Gasteiger partial charge in [0.25, 0.3) is 0 Å². The lowest BCUT2D eigenvalue weighted by molar-refractivity contribution is -0.274. The molecule has 1 aromatic carbocycles. The van der Waals surface area contributed by atoms with E-state index < -0.39 is 12.1 Å². The van der Waals surface area contributed by atoms with Gasteiger partial charge in [0.1, 0.15) is 5.75 Å². The molecule has 0 aromatic heterocycles. The molecule has 0 aliphatic heterocycles. The summed E-state index contributed by atoms with van der Waals surface area (Å²) in [5.74, 6) is -0.813. The van der Waals surface area contributed by atoms with Crippen LogP contribution < -0.4 is 4.74 Å². The molecular formula is C12H12BrF3O2. The molecule has 18 heavy (non-hydrogen) atoms. The number of hydrogen-bond donors (Lipinski definition) is 0. The lowest BCUT2D eigenvalue weighted by Crippen LogP contribution is -2.19. The second-order valence-corrected chi connectivity index (χ2v) is 4.39. The smallest absolute Gasteiger partial charge is 0.405 e. The molecule has 0 atom stereocenters. The SMILES string of the molecule is CCc1ccc(OC(F)(F)F)c(C(=O)CCBr)c1. The molecule has 0 spiro atoms. The molecule has 0 amide bonds. The summed E-state index contributed by atoms with van der Waals surface area (Å²) in [5.41, 5.74) is 0.772. The monoisotopic (exact) mass is 324 g/mol. The van der Waals surface area contributed by atoms with Crippen molar-refractivity contribution in [1.29, 1.82) is 0 Å². The Hall–Kier alpha value is -1.04. The van der Waals surface area contributed by atoms with Gasteiger partial charge in [0.05, 0.1) is 5.56 Å². The molecule has 6 heteroatoms. The summed E-state index contributed by atoms with van der Waals surface area (Å²) in [6, 6.07) is 4.16. The van der Waals surface area contributed by atoms with Crippen LogP contribution >= 0.6 is 15.9 Å². The second-order valence-electron chi connectivity index (χ2n) is 3.59. The molecule has 0 radical (unpaired) electrons. The molecule has 100 valence electrons. The molecule has 1 aromatic rings. The fraction of sp³-hybridized carbons (Fsp3) is 0.417. The Morgan fingerprint density at radius 3 is 2.56 bits per heavy atom. The van der Waals surface area contributed by atoms with Gasteiger partial charge in [0.15, 0.2) is 5.78 Å². The summed E-state index contributed by atoms with van der Waals surface area (Å²) < 4.78 is 40.5. The van der Waals surface area contributed by atoms with E-state index in [4.69, 9.17) is 0 Å². The minimum absolute atomic E-state index is 0.0221. The van der Waals surface area contributed by atoms with Gasteiger partial charge < -0.3 is 4.74 Å². The van der Waals surface area contributed by atoms with Crippen molar-refractivity contribution in [3.63, 3.8) is 0 Å². The summed E-state index contributed by atoms with van der Waals surface area (Å²) >= 11 is 3.08. The minimum Gasteiger partial charge on any atom is -0.405 e. The lowest BCUT2D eigenvalue weighted by Gasteiger charge is -2.13. The first-order valence-corrected chi connectivity index (χ1v) is 6.47. The van der Waals surface area contributed by atoms with E-state index in [9.17, 15) is 18.0 Å². The lowest BCUT2D eigenvalue weighted by atomic mass is 10.0. The maximum Gasteiger partial charge on any atom is 0.573 e. The normalized spacial score (nSPS) is 11.4. The minimum atomic E-state index is -4.79. The highest BCUT2D eigenvalue weighted by Gasteiger charge is 2.32. The number of carbonyl (C=O) groups is 1. The first-order valence-electron chi connectivity index (χ1n) is 5.35. The van der Waals surface area contributed by atoms with Crippen LogP contribution in [0.4, 0.5) is 13.2 Å². The van der Waals surface area contributed by atoms with Crippen LogP contribution in [0.15, 0.2) is 18.2 Å². The number of aryl methyl sites for hydroxylation is 1. The van der Waals surface area contributed by atoms with Crippen molar-refractivity contribution in [3.8, 4) is 5.75 Å². The van der Waals surface area contributed by atoms with Crippen molar-refractivity contribution < 1.29 is 22.7 Å². The molecule has 0 fully saturated rings. The summed E-state index contributed by atoms with van der Waals surface area (Å²) in [6.45, 7) is 1.86. The molecule has 2 nitrogen and oxygen atoms in total. The quantitative estimate of drug-likeness (QED) is 0.601. The number of benzene rings is 1. The molecule has 1 rings (SSSR count). The van der Waals surface area contributed by atoms with Gasteiger partial charge in [-0.2, -0.15) is 0 Å². The van der Waals surface area contributed by atoms with Crippen molar-refractivity contribution in [3.05, 3.63) is 29.3 Å². The summed E-state index contributed by atoms with van der Waals surface area (Å²) in [4.78, 5) is 11.7. The maximum atomic E-state index is 12.2. The van der Waals surface area contributed by atoms with Gasteiger partial charge in [0, 0.05) is 11.8 Å². The summed E-state index contributed by atoms with van der Waals surface area (Å²) in [7, 11) is 0. The highest BCUT2D eigenvalue weighted by Crippen LogP contribution is 2.28. The van der Waals surface area contributed by atoms with E-state index in [0.29, 0.717) is 11.8 Å². The van der Waals surface area contributed by atoms with Gasteiger partial charge in [-0.25, -0.2) is 0 Å². The van der Waals surface area contributed by atoms with Crippen LogP contribution in [0.2, 0.25) is 0 Å². The van der Waals surface area contributed by atoms with Gasteiger partial charge in [-0.05, 0) is 24.1 Å². The van der Waals surface area contributed by atoms with Crippen LogP contribution in [0.5, 0.6) is 5.75 Å². The Morgan fingerprint density at radius 2 is 2.06 bits per heavy atom. The van der Waals surface area contributed by atoms with E-state index in [2.05, 4.69) is 20.7 Å². The zero-order valence-electron chi connectivity index (χ0n) is 9.68. The largest absolute Gasteiger partial charge is 0.573 e. The van der Waals surface area contributed by atoms with Crippen LogP contribution in [-0.4, -0.2) is 17.5 Å². The van der Waals surface area contributed by atoms with Crippen molar-refractivity contribution in [2.24, 2.45) is 0 Å². The van der Waals surface area contributed by atoms with E-state index in [1.165, 1.54) is 18.2 Å². The topological polar surface area (TPSA) is 26.3 Å². The third-order valence-corrected chi connectivity index (χ3v) is 2.70. The number of carbonyl (C=O) groups excluding carboxylic acids is 1. The predicted molar refractivity (Wildman–Crippen MR) is 65.2 cm³/mol. The molecule has 0 saturated heterocycles. The third kappa shape index (κ3) is 4.33. The van der Waals surface area contributed by atoms with Gasteiger partial charge in [0.2, 0.25) is 0 Å². The van der Waals surface area contributed by atoms with Gasteiger partial charge in [-0.3, -0.25) is 4.79 Å². The Balaban J connectivity index is 3.12. The van der Waals surface area contributed by atoms with E-state index in [0.717, 1.165) is 5.56 Å². The molecule has 0 bridgehead atoms. The molecule has 0 aliphatic carbocycles. The zero-order valence-corrected chi connectivity index (χ0v) is 11.3. The van der Waals surface area contributed by atoms with E-state index in [1.807, 2.05) is 6.92 Å². The van der Waals surface area contributed by atoms with Crippen LogP contribution in [0.1, 0.15) is 29.3 Å². The summed E-state index contributed by atoms with van der Waals surface area (Å²) in [5, 5.41) is 0.396. The van der Waals surface area contributed by atoms with Gasteiger partial charge in [-0.15, -0.1) is 13.2 Å². The molecule has 0 N–H and O–H groups in total. The highest BCUT2D eigenvalue weighted by atomic mass is 79.9. The second kappa shape index (κ2) is 6.22. The number of rotatable bonds is 5. The van der Waals surface area contributed by atoms with Crippen molar-refractivity contribution in [2.45, 2.75) is 26.1 Å². The summed E-state index contributed by atoms with van der Waals surface area (Å²) in [6.07, 6.45) is -4.03. The Kier molecular flexibility index (Phi) is 5.19. The van der Waals surface area contributed by atoms with Crippen molar-refractivity contribution >= 4 is 21.7 Å². The van der Waals surface area contributed by atoms with Crippen molar-refractivity contribution in [2.75, 3.05) is 5.33 Å². The Labute approximate surface area is 111 Å². The van der Waals surface area contributed by atoms with Crippen molar-refractivity contribution in [1.82, 2.24) is 0 Å². The number of ether oxygens (including phenoxy) is 1. The number of Topliss-reactive ketones (excluding diaryl/α,β-unsaturated/α-hetero) is 1. The standard InChI is InChI=1S/C12H12BrF3O2/c1-2-8-3-4-11(18-12(14,15)16)9(7-8)10(17)5-6-13/h3-4,7H,2,5-6H2,1H3. The Bertz CT molecular complexity index is 430. The fourth-order valence-electron chi connectivity index (χ4n) is 1.45. The molecular weight excluding hydrogens is 313 g/mol. The average Bonchev–Trinajstić information content (AvgIpc) is 2.27. The highest BCUT2D eigenvalue weighted by molar-refractivity contribution is 9.09. The molecule has 0 unspecified atom stereocenters. The maximum absolute atomic E-state index is 12.2. The van der Waals surface area contributed by atoms with Gasteiger partial charge >= 0.3 is 6.36 Å². The first kappa shape index (κ1) is 15.0. The van der Waals surface area contributed by atoms with E-state index >= 15 is 0 Å². The van der Waals surface area contributed by atoms with Crippen LogP contribution in [0.25, 0.3) is 0 Å². The van der Waals surface area contributed by atoms with Crippen LogP contribution in [0.3, 0.4) is 0 Å². The number of alkyl halides is 4. The predicted octanol–water partition coefficient (Wildman–Crippen LogP) is 4.12. The molecule has 0 heterocycles. The Morgan fingerprint density at radius 1 is 1.39 bits per heavy atom. The van der Waals surface area contributed by atoms with Gasteiger partial charge in [-0.1, -0.05) is 28.9 Å². The first-order chi connectivity index (χ1) is 8.37. The van der Waals surface area contributed by atoms with E-state index in [1.54, 1.807) is 0 Å². The number of ketones is 1. The van der Waals surface area contributed by atoms with Crippen LogP contribution in [0, 0.1) is 0 Å². The van der Waals surface area contributed by atoms with E-state index in [-0.39, 0.29) is 17.8 Å².